The van der Waals surface area contributed by atoms with Gasteiger partial charge in [-0.25, -0.2) is 4.79 Å². The Morgan fingerprint density at radius 1 is 1.03 bits per heavy atom. The number of aliphatic carboxylic acids is 1. The van der Waals surface area contributed by atoms with Crippen LogP contribution in [0.3, 0.4) is 0 Å². The number of amides is 3. The SMILES string of the molecule is CC(=O)N(C)CCC1(C(=O)N[C@@H](Cc2ccc(NC(=O)c3c(Cl)cccc3Cl)cc2)C(=O)O)CCCC1. The topological polar surface area (TPSA) is 116 Å². The Morgan fingerprint density at radius 3 is 2.16 bits per heavy atom. The smallest absolute Gasteiger partial charge is 0.326 e. The van der Waals surface area contributed by atoms with E-state index in [0.29, 0.717) is 37.1 Å². The van der Waals surface area contributed by atoms with Gasteiger partial charge in [-0.2, -0.15) is 0 Å². The summed E-state index contributed by atoms with van der Waals surface area (Å²) in [6.45, 7) is 1.91. The molecule has 2 aromatic carbocycles. The van der Waals surface area contributed by atoms with Crippen molar-refractivity contribution in [2.75, 3.05) is 18.9 Å². The maximum atomic E-state index is 13.3. The number of halogens is 2. The van der Waals surface area contributed by atoms with Crippen LogP contribution in [-0.4, -0.2) is 53.3 Å². The number of carbonyl (C=O) groups is 4. The van der Waals surface area contributed by atoms with Crippen molar-refractivity contribution in [1.29, 1.82) is 0 Å². The maximum absolute atomic E-state index is 13.3. The van der Waals surface area contributed by atoms with Gasteiger partial charge in [-0.15, -0.1) is 0 Å². The Labute approximate surface area is 226 Å². The van der Waals surface area contributed by atoms with Crippen LogP contribution in [0.15, 0.2) is 42.5 Å². The van der Waals surface area contributed by atoms with Gasteiger partial charge in [-0.05, 0) is 49.1 Å². The molecule has 0 heterocycles. The molecular weight excluding hydrogens is 517 g/mol. The average Bonchev–Trinajstić information content (AvgIpc) is 3.33. The number of benzene rings is 2. The summed E-state index contributed by atoms with van der Waals surface area (Å²) in [5.41, 5.74) is 0.656. The third-order valence-electron chi connectivity index (χ3n) is 6.95. The van der Waals surface area contributed by atoms with E-state index in [1.807, 2.05) is 0 Å². The van der Waals surface area contributed by atoms with E-state index in [1.165, 1.54) is 6.92 Å². The molecule has 37 heavy (non-hydrogen) atoms. The third-order valence-corrected chi connectivity index (χ3v) is 7.58. The van der Waals surface area contributed by atoms with Crippen LogP contribution in [0.25, 0.3) is 0 Å². The number of nitrogens with one attached hydrogen (secondary N) is 2. The summed E-state index contributed by atoms with van der Waals surface area (Å²) >= 11 is 12.2. The Bertz CT molecular complexity index is 1140. The van der Waals surface area contributed by atoms with Gasteiger partial charge in [0, 0.05) is 32.6 Å². The quantitative estimate of drug-likeness (QED) is 0.395. The standard InChI is InChI=1S/C27H31Cl2N3O5/c1-17(33)32(2)15-14-27(12-3-4-13-27)26(37)31-22(25(35)36)16-18-8-10-19(11-9-18)30-24(34)23-20(28)6-5-7-21(23)29/h5-11,22H,3-4,12-16H2,1-2H3,(H,30,34)(H,31,37)(H,35,36)/t22-/m0/s1. The van der Waals surface area contributed by atoms with Crippen molar-refractivity contribution in [3.8, 4) is 0 Å². The van der Waals surface area contributed by atoms with Crippen LogP contribution in [0.5, 0.6) is 0 Å². The summed E-state index contributed by atoms with van der Waals surface area (Å²) in [5, 5.41) is 15.7. The molecule has 2 aromatic rings. The minimum Gasteiger partial charge on any atom is -0.480 e. The van der Waals surface area contributed by atoms with Crippen molar-refractivity contribution in [2.24, 2.45) is 5.41 Å². The second kappa shape index (κ2) is 12.4. The first-order valence-corrected chi connectivity index (χ1v) is 12.9. The first-order chi connectivity index (χ1) is 17.5. The Morgan fingerprint density at radius 2 is 1.62 bits per heavy atom. The lowest BCUT2D eigenvalue weighted by molar-refractivity contribution is -0.144. The summed E-state index contributed by atoms with van der Waals surface area (Å²) in [7, 11) is 1.69. The second-order valence-corrected chi connectivity index (χ2v) is 10.3. The first-order valence-electron chi connectivity index (χ1n) is 12.1. The van der Waals surface area contributed by atoms with Crippen molar-refractivity contribution < 1.29 is 24.3 Å². The lowest BCUT2D eigenvalue weighted by Gasteiger charge is -2.31. The molecule has 1 fully saturated rings. The van der Waals surface area contributed by atoms with E-state index in [9.17, 15) is 24.3 Å². The van der Waals surface area contributed by atoms with Gasteiger partial charge in [-0.1, -0.05) is 54.2 Å². The molecule has 1 aliphatic rings. The van der Waals surface area contributed by atoms with E-state index in [1.54, 1.807) is 54.4 Å². The molecule has 3 rings (SSSR count). The minimum absolute atomic E-state index is 0.0773. The molecule has 1 atom stereocenters. The van der Waals surface area contributed by atoms with E-state index in [0.717, 1.165) is 12.8 Å². The zero-order valence-electron chi connectivity index (χ0n) is 20.9. The zero-order valence-corrected chi connectivity index (χ0v) is 22.4. The highest BCUT2D eigenvalue weighted by Crippen LogP contribution is 2.41. The van der Waals surface area contributed by atoms with Crippen LogP contribution in [0, 0.1) is 5.41 Å². The zero-order chi connectivity index (χ0) is 27.2. The summed E-state index contributed by atoms with van der Waals surface area (Å²) in [4.78, 5) is 51.0. The Balaban J connectivity index is 1.65. The lowest BCUT2D eigenvalue weighted by Crippen LogP contribution is -2.49. The van der Waals surface area contributed by atoms with Crippen LogP contribution in [0.1, 0.15) is 54.9 Å². The van der Waals surface area contributed by atoms with E-state index in [-0.39, 0.29) is 33.8 Å². The number of hydrogen-bond donors (Lipinski definition) is 3. The van der Waals surface area contributed by atoms with Crippen molar-refractivity contribution in [1.82, 2.24) is 10.2 Å². The third kappa shape index (κ3) is 7.23. The average molecular weight is 548 g/mol. The maximum Gasteiger partial charge on any atom is 0.326 e. The van der Waals surface area contributed by atoms with Gasteiger partial charge in [0.15, 0.2) is 0 Å². The van der Waals surface area contributed by atoms with Gasteiger partial charge in [0.2, 0.25) is 11.8 Å². The van der Waals surface area contributed by atoms with E-state index in [2.05, 4.69) is 10.6 Å². The molecule has 10 heteroatoms. The minimum atomic E-state index is -1.13. The number of carbonyl (C=O) groups excluding carboxylic acids is 3. The Hall–Kier alpha value is -3.10. The molecule has 0 aromatic heterocycles. The van der Waals surface area contributed by atoms with Crippen LogP contribution in [0.2, 0.25) is 10.0 Å². The fourth-order valence-corrected chi connectivity index (χ4v) is 5.13. The molecule has 0 unspecified atom stereocenters. The molecule has 0 spiro atoms. The predicted octanol–water partition coefficient (Wildman–Crippen LogP) is 4.79. The molecule has 0 radical (unpaired) electrons. The number of anilines is 1. The number of carboxylic acids is 1. The summed E-state index contributed by atoms with van der Waals surface area (Å²) < 4.78 is 0. The first kappa shape index (κ1) is 28.5. The van der Waals surface area contributed by atoms with Crippen LogP contribution in [-0.2, 0) is 20.8 Å². The summed E-state index contributed by atoms with van der Waals surface area (Å²) in [5.74, 6) is -1.95. The molecule has 0 saturated heterocycles. The van der Waals surface area contributed by atoms with Crippen molar-refractivity contribution >= 4 is 52.6 Å². The van der Waals surface area contributed by atoms with Gasteiger partial charge in [-0.3, -0.25) is 14.4 Å². The molecular formula is C27H31Cl2N3O5. The van der Waals surface area contributed by atoms with Crippen LogP contribution < -0.4 is 10.6 Å². The fourth-order valence-electron chi connectivity index (χ4n) is 4.56. The molecule has 8 nitrogen and oxygen atoms in total. The highest BCUT2D eigenvalue weighted by molar-refractivity contribution is 6.40. The fraction of sp³-hybridized carbons (Fsp3) is 0.407. The molecule has 1 saturated carbocycles. The number of hydrogen-bond acceptors (Lipinski definition) is 4. The second-order valence-electron chi connectivity index (χ2n) is 9.49. The van der Waals surface area contributed by atoms with Gasteiger partial charge in [0.05, 0.1) is 21.0 Å². The molecule has 3 amide bonds. The van der Waals surface area contributed by atoms with E-state index >= 15 is 0 Å². The number of nitrogens with zero attached hydrogens (tertiary/aromatic N) is 1. The lowest BCUT2D eigenvalue weighted by atomic mass is 9.81. The molecule has 3 N–H and O–H groups in total. The van der Waals surface area contributed by atoms with Crippen LogP contribution >= 0.6 is 23.2 Å². The highest BCUT2D eigenvalue weighted by atomic mass is 35.5. The van der Waals surface area contributed by atoms with Gasteiger partial charge < -0.3 is 20.6 Å². The largest absolute Gasteiger partial charge is 0.480 e. The van der Waals surface area contributed by atoms with Crippen molar-refractivity contribution in [3.05, 3.63) is 63.6 Å². The molecule has 0 bridgehead atoms. The molecule has 1 aliphatic carbocycles. The van der Waals surface area contributed by atoms with Gasteiger partial charge in [0.1, 0.15) is 6.04 Å². The van der Waals surface area contributed by atoms with Crippen LogP contribution in [0.4, 0.5) is 5.69 Å². The van der Waals surface area contributed by atoms with Gasteiger partial charge >= 0.3 is 5.97 Å². The van der Waals surface area contributed by atoms with Crippen molar-refractivity contribution in [3.63, 3.8) is 0 Å². The normalized spacial score (nSPS) is 15.0. The van der Waals surface area contributed by atoms with Crippen molar-refractivity contribution in [2.45, 2.75) is 51.5 Å². The summed E-state index contributed by atoms with van der Waals surface area (Å²) in [6.07, 6.45) is 3.69. The molecule has 0 aliphatic heterocycles. The number of carboxylic acid groups (broad SMARTS) is 1. The monoisotopic (exact) mass is 547 g/mol. The predicted molar refractivity (Wildman–Crippen MR) is 143 cm³/mol. The van der Waals surface area contributed by atoms with E-state index < -0.39 is 23.3 Å². The summed E-state index contributed by atoms with van der Waals surface area (Å²) in [6, 6.07) is 10.4. The number of rotatable bonds is 10. The Kier molecular flexibility index (Phi) is 9.56. The molecule has 198 valence electrons. The van der Waals surface area contributed by atoms with Gasteiger partial charge in [0.25, 0.3) is 5.91 Å². The van der Waals surface area contributed by atoms with E-state index in [4.69, 9.17) is 23.2 Å². The highest BCUT2D eigenvalue weighted by Gasteiger charge is 2.42.